The Bertz CT molecular complexity index is 116. The first-order valence-corrected chi connectivity index (χ1v) is 2.54. The highest BCUT2D eigenvalue weighted by molar-refractivity contribution is 5.87. The summed E-state index contributed by atoms with van der Waals surface area (Å²) in [5, 5.41) is 0. The van der Waals surface area contributed by atoms with Gasteiger partial charge in [-0.05, 0) is 19.9 Å². The highest BCUT2D eigenvalue weighted by Gasteiger charge is 1.85. The van der Waals surface area contributed by atoms with Crippen molar-refractivity contribution in [2.45, 2.75) is 13.8 Å². The third-order valence-corrected chi connectivity index (χ3v) is 0.772. The molecular weight excluding hydrogens is 102 g/mol. The van der Waals surface area contributed by atoms with Gasteiger partial charge in [0, 0.05) is 6.54 Å². The van der Waals surface area contributed by atoms with Gasteiger partial charge in [0.2, 0.25) is 0 Å². The number of carbonyl (C=O) groups is 1. The Morgan fingerprint density at radius 2 is 2.12 bits per heavy atom. The quantitative estimate of drug-likeness (QED) is 0.529. The van der Waals surface area contributed by atoms with Gasteiger partial charge in [-0.1, -0.05) is 5.57 Å². The lowest BCUT2D eigenvalue weighted by Gasteiger charge is -1.88. The summed E-state index contributed by atoms with van der Waals surface area (Å²) in [5.41, 5.74) is 6.13. The van der Waals surface area contributed by atoms with E-state index in [1.807, 2.05) is 6.92 Å². The van der Waals surface area contributed by atoms with Gasteiger partial charge in [-0.2, -0.15) is 0 Å². The molecule has 0 atom stereocenters. The molecule has 0 aromatic rings. The van der Waals surface area contributed by atoms with E-state index in [0.717, 1.165) is 5.57 Å². The predicted molar refractivity (Wildman–Crippen MR) is 33.5 cm³/mol. The van der Waals surface area contributed by atoms with Crippen LogP contribution in [0, 0.1) is 0 Å². The van der Waals surface area contributed by atoms with Crippen LogP contribution in [0.4, 0.5) is 0 Å². The molecule has 0 fully saturated rings. The average molecular weight is 113 g/mol. The number of ketones is 1. The standard InChI is InChI=1S/C6H11NO/c1-5(4-7)3-6(2)8/h3H,4,7H2,1-2H3. The molecule has 0 aromatic carbocycles. The van der Waals surface area contributed by atoms with Gasteiger partial charge in [0.25, 0.3) is 0 Å². The summed E-state index contributed by atoms with van der Waals surface area (Å²) in [4.78, 5) is 10.3. The van der Waals surface area contributed by atoms with E-state index in [1.54, 1.807) is 6.08 Å². The summed E-state index contributed by atoms with van der Waals surface area (Å²) in [5.74, 6) is 0.0629. The van der Waals surface area contributed by atoms with E-state index >= 15 is 0 Å². The molecule has 0 rings (SSSR count). The van der Waals surface area contributed by atoms with Gasteiger partial charge in [-0.25, -0.2) is 0 Å². The van der Waals surface area contributed by atoms with Crippen molar-refractivity contribution in [3.63, 3.8) is 0 Å². The van der Waals surface area contributed by atoms with Crippen LogP contribution in [-0.2, 0) is 4.79 Å². The third-order valence-electron chi connectivity index (χ3n) is 0.772. The van der Waals surface area contributed by atoms with Gasteiger partial charge in [0.1, 0.15) is 0 Å². The molecule has 0 spiro atoms. The zero-order valence-corrected chi connectivity index (χ0v) is 5.27. The van der Waals surface area contributed by atoms with Crippen LogP contribution in [0.15, 0.2) is 11.6 Å². The Labute approximate surface area is 49.4 Å². The second kappa shape index (κ2) is 3.38. The highest BCUT2D eigenvalue weighted by Crippen LogP contribution is 1.86. The van der Waals surface area contributed by atoms with Crippen LogP contribution in [0.5, 0.6) is 0 Å². The lowest BCUT2D eigenvalue weighted by molar-refractivity contribution is -0.112. The Morgan fingerprint density at radius 3 is 2.25 bits per heavy atom. The minimum atomic E-state index is 0.0629. The SMILES string of the molecule is CC(=O)C=C(C)CN. The predicted octanol–water partition coefficient (Wildman–Crippen LogP) is 0.480. The second-order valence-electron chi connectivity index (χ2n) is 1.81. The topological polar surface area (TPSA) is 43.1 Å². The van der Waals surface area contributed by atoms with Crippen LogP contribution in [0.2, 0.25) is 0 Å². The number of rotatable bonds is 2. The number of carbonyl (C=O) groups excluding carboxylic acids is 1. The van der Waals surface area contributed by atoms with E-state index in [4.69, 9.17) is 5.73 Å². The molecule has 0 amide bonds. The molecule has 2 heteroatoms. The largest absolute Gasteiger partial charge is 0.327 e. The fraction of sp³-hybridized carbons (Fsp3) is 0.500. The minimum Gasteiger partial charge on any atom is -0.327 e. The van der Waals surface area contributed by atoms with Crippen LogP contribution in [0.3, 0.4) is 0 Å². The molecule has 46 valence electrons. The monoisotopic (exact) mass is 113 g/mol. The van der Waals surface area contributed by atoms with Gasteiger partial charge >= 0.3 is 0 Å². The first-order valence-electron chi connectivity index (χ1n) is 2.54. The van der Waals surface area contributed by atoms with Gasteiger partial charge in [-0.3, -0.25) is 4.79 Å². The maximum atomic E-state index is 10.3. The van der Waals surface area contributed by atoms with Crippen LogP contribution < -0.4 is 5.73 Å². The van der Waals surface area contributed by atoms with Crippen molar-refractivity contribution in [1.29, 1.82) is 0 Å². The maximum Gasteiger partial charge on any atom is 0.152 e. The summed E-state index contributed by atoms with van der Waals surface area (Å²) in [6, 6.07) is 0. The van der Waals surface area contributed by atoms with Crippen LogP contribution in [-0.4, -0.2) is 12.3 Å². The molecule has 0 aliphatic rings. The second-order valence-corrected chi connectivity index (χ2v) is 1.81. The van der Waals surface area contributed by atoms with E-state index in [-0.39, 0.29) is 5.78 Å². The van der Waals surface area contributed by atoms with Crippen LogP contribution in [0.1, 0.15) is 13.8 Å². The van der Waals surface area contributed by atoms with E-state index < -0.39 is 0 Å². The number of nitrogens with two attached hydrogens (primary N) is 1. The summed E-state index contributed by atoms with van der Waals surface area (Å²) < 4.78 is 0. The molecule has 0 saturated carbocycles. The zero-order chi connectivity index (χ0) is 6.57. The number of allylic oxidation sites excluding steroid dienone is 1. The Balaban J connectivity index is 3.75. The van der Waals surface area contributed by atoms with Crippen molar-refractivity contribution in [2.24, 2.45) is 5.73 Å². The fourth-order valence-electron chi connectivity index (χ4n) is 0.406. The van der Waals surface area contributed by atoms with Crippen molar-refractivity contribution >= 4 is 5.78 Å². The van der Waals surface area contributed by atoms with E-state index in [0.29, 0.717) is 6.54 Å². The lowest BCUT2D eigenvalue weighted by Crippen LogP contribution is -2.01. The molecular formula is C6H11NO. The Morgan fingerprint density at radius 1 is 1.62 bits per heavy atom. The number of hydrogen-bond acceptors (Lipinski definition) is 2. The van der Waals surface area contributed by atoms with E-state index in [9.17, 15) is 4.79 Å². The smallest absolute Gasteiger partial charge is 0.152 e. The molecule has 2 N–H and O–H groups in total. The molecule has 0 saturated heterocycles. The maximum absolute atomic E-state index is 10.3. The van der Waals surface area contributed by atoms with Crippen LogP contribution in [0.25, 0.3) is 0 Å². The van der Waals surface area contributed by atoms with Gasteiger partial charge in [0.05, 0.1) is 0 Å². The van der Waals surface area contributed by atoms with Crippen molar-refractivity contribution in [2.75, 3.05) is 6.54 Å². The summed E-state index contributed by atoms with van der Waals surface area (Å²) in [7, 11) is 0. The van der Waals surface area contributed by atoms with Crippen LogP contribution >= 0.6 is 0 Å². The van der Waals surface area contributed by atoms with E-state index in [1.165, 1.54) is 6.92 Å². The summed E-state index contributed by atoms with van der Waals surface area (Å²) >= 11 is 0. The first kappa shape index (κ1) is 7.37. The van der Waals surface area contributed by atoms with Crippen molar-refractivity contribution in [3.8, 4) is 0 Å². The Hall–Kier alpha value is -0.630. The molecule has 0 aromatic heterocycles. The highest BCUT2D eigenvalue weighted by atomic mass is 16.1. The van der Waals surface area contributed by atoms with Crippen molar-refractivity contribution in [1.82, 2.24) is 0 Å². The average Bonchev–Trinajstić information content (AvgIpc) is 1.65. The molecule has 0 unspecified atom stereocenters. The molecule has 2 nitrogen and oxygen atoms in total. The third kappa shape index (κ3) is 3.56. The van der Waals surface area contributed by atoms with Crippen molar-refractivity contribution in [3.05, 3.63) is 11.6 Å². The zero-order valence-electron chi connectivity index (χ0n) is 5.27. The summed E-state index contributed by atoms with van der Waals surface area (Å²) in [6.45, 7) is 3.82. The molecule has 0 aliphatic carbocycles. The van der Waals surface area contributed by atoms with E-state index in [2.05, 4.69) is 0 Å². The lowest BCUT2D eigenvalue weighted by atomic mass is 10.2. The van der Waals surface area contributed by atoms with Gasteiger partial charge in [-0.15, -0.1) is 0 Å². The summed E-state index contributed by atoms with van der Waals surface area (Å²) in [6.07, 6.45) is 1.54. The molecule has 0 bridgehead atoms. The fourth-order valence-corrected chi connectivity index (χ4v) is 0.406. The Kier molecular flexibility index (Phi) is 3.12. The molecule has 0 radical (unpaired) electrons. The normalized spacial score (nSPS) is 11.6. The number of hydrogen-bond donors (Lipinski definition) is 1. The molecule has 0 heterocycles. The van der Waals surface area contributed by atoms with Gasteiger partial charge in [0.15, 0.2) is 5.78 Å². The molecule has 0 aliphatic heterocycles. The minimum absolute atomic E-state index is 0.0629. The molecule has 8 heavy (non-hydrogen) atoms. The van der Waals surface area contributed by atoms with Gasteiger partial charge < -0.3 is 5.73 Å². The van der Waals surface area contributed by atoms with Crippen molar-refractivity contribution < 1.29 is 4.79 Å². The first-order chi connectivity index (χ1) is 3.66.